The van der Waals surface area contributed by atoms with Gasteiger partial charge in [0, 0.05) is 0 Å². The molecule has 0 bridgehead atoms. The lowest BCUT2D eigenvalue weighted by atomic mass is 9.96. The zero-order valence-electron chi connectivity index (χ0n) is 10.5. The zero-order chi connectivity index (χ0) is 12.6. The number of amides is 1. The first-order chi connectivity index (χ1) is 7.91. The van der Waals surface area contributed by atoms with Gasteiger partial charge in [0.25, 0.3) is 0 Å². The Kier molecular flexibility index (Phi) is 2.95. The fourth-order valence-corrected chi connectivity index (χ4v) is 1.83. The van der Waals surface area contributed by atoms with Crippen LogP contribution >= 0.6 is 0 Å². The number of hydrogen-bond donors (Lipinski definition) is 2. The van der Waals surface area contributed by atoms with Gasteiger partial charge < -0.3 is 15.5 Å². The van der Waals surface area contributed by atoms with Gasteiger partial charge in [-0.25, -0.2) is 4.98 Å². The van der Waals surface area contributed by atoms with E-state index in [1.54, 1.807) is 6.92 Å². The Morgan fingerprint density at radius 2 is 2.24 bits per heavy atom. The van der Waals surface area contributed by atoms with E-state index >= 15 is 0 Å². The lowest BCUT2D eigenvalue weighted by molar-refractivity contribution is -0.126. The Labute approximate surface area is 101 Å². The van der Waals surface area contributed by atoms with Crippen molar-refractivity contribution in [3.8, 4) is 0 Å². The van der Waals surface area contributed by atoms with E-state index in [1.165, 1.54) is 0 Å². The van der Waals surface area contributed by atoms with Crippen molar-refractivity contribution in [3.05, 3.63) is 17.3 Å². The highest BCUT2D eigenvalue weighted by molar-refractivity contribution is 5.86. The van der Waals surface area contributed by atoms with Crippen LogP contribution in [0.4, 0.5) is 0 Å². The van der Waals surface area contributed by atoms with E-state index in [4.69, 9.17) is 10.2 Å². The van der Waals surface area contributed by atoms with Crippen molar-refractivity contribution in [3.63, 3.8) is 0 Å². The van der Waals surface area contributed by atoms with Crippen LogP contribution in [-0.2, 0) is 11.3 Å². The molecule has 1 saturated carbocycles. The molecule has 17 heavy (non-hydrogen) atoms. The molecule has 0 spiro atoms. The quantitative estimate of drug-likeness (QED) is 0.819. The van der Waals surface area contributed by atoms with Gasteiger partial charge in [-0.1, -0.05) is 0 Å². The summed E-state index contributed by atoms with van der Waals surface area (Å²) < 4.78 is 5.39. The molecule has 1 heterocycles. The largest absolute Gasteiger partial charge is 0.444 e. The van der Waals surface area contributed by atoms with Crippen LogP contribution in [0.25, 0.3) is 0 Å². The molecule has 94 valence electrons. The molecule has 0 radical (unpaired) electrons. The molecule has 1 atom stereocenters. The van der Waals surface area contributed by atoms with Gasteiger partial charge in [0.15, 0.2) is 0 Å². The van der Waals surface area contributed by atoms with Crippen molar-refractivity contribution in [2.45, 2.75) is 45.7 Å². The van der Waals surface area contributed by atoms with E-state index in [2.05, 4.69) is 10.3 Å². The molecule has 1 aliphatic carbocycles. The number of nitrogens with zero attached hydrogens (tertiary/aromatic N) is 1. The summed E-state index contributed by atoms with van der Waals surface area (Å²) in [6.07, 6.45) is 2.08. The fourth-order valence-electron chi connectivity index (χ4n) is 1.83. The number of hydrogen-bond acceptors (Lipinski definition) is 4. The third-order valence-electron chi connectivity index (χ3n) is 3.39. The number of oxazole rings is 1. The third-order valence-corrected chi connectivity index (χ3v) is 3.39. The average Bonchev–Trinajstić information content (AvgIpc) is 3.04. The summed E-state index contributed by atoms with van der Waals surface area (Å²) in [7, 11) is 0. The maximum Gasteiger partial charge on any atom is 0.240 e. The van der Waals surface area contributed by atoms with E-state index in [-0.39, 0.29) is 5.91 Å². The number of carbonyl (C=O) groups excluding carboxylic acids is 1. The summed E-state index contributed by atoms with van der Waals surface area (Å²) in [5.74, 6) is 1.50. The molecule has 1 aromatic rings. The number of nitrogens with two attached hydrogens (primary N) is 1. The van der Waals surface area contributed by atoms with E-state index in [1.807, 2.05) is 13.8 Å². The monoisotopic (exact) mass is 237 g/mol. The summed E-state index contributed by atoms with van der Waals surface area (Å²) in [5, 5.41) is 2.78. The van der Waals surface area contributed by atoms with Crippen molar-refractivity contribution in [1.29, 1.82) is 0 Å². The van der Waals surface area contributed by atoms with E-state index in [9.17, 15) is 4.79 Å². The maximum atomic E-state index is 11.9. The second-order valence-electron chi connectivity index (χ2n) is 4.99. The molecule has 1 aliphatic rings. The Hall–Kier alpha value is -1.36. The molecule has 1 fully saturated rings. The summed E-state index contributed by atoms with van der Waals surface area (Å²) in [5.41, 5.74) is 6.09. The summed E-state index contributed by atoms with van der Waals surface area (Å²) in [4.78, 5) is 16.1. The van der Waals surface area contributed by atoms with Crippen molar-refractivity contribution >= 4 is 5.91 Å². The van der Waals surface area contributed by atoms with Gasteiger partial charge in [-0.05, 0) is 39.5 Å². The Bertz CT molecular complexity index is 413. The minimum atomic E-state index is -0.767. The first-order valence-corrected chi connectivity index (χ1v) is 5.91. The van der Waals surface area contributed by atoms with Crippen LogP contribution < -0.4 is 11.1 Å². The number of carbonyl (C=O) groups is 1. The van der Waals surface area contributed by atoms with Crippen molar-refractivity contribution < 1.29 is 9.21 Å². The minimum Gasteiger partial charge on any atom is -0.444 e. The SMILES string of the molecule is Cc1nc(CNC(=O)C(C)(N)C2CC2)oc1C. The maximum absolute atomic E-state index is 11.9. The summed E-state index contributed by atoms with van der Waals surface area (Å²) >= 11 is 0. The highest BCUT2D eigenvalue weighted by atomic mass is 16.4. The molecule has 1 aromatic heterocycles. The predicted molar refractivity (Wildman–Crippen MR) is 63.1 cm³/mol. The average molecular weight is 237 g/mol. The second-order valence-corrected chi connectivity index (χ2v) is 4.99. The molecular weight excluding hydrogens is 218 g/mol. The molecule has 0 aromatic carbocycles. The number of aromatic nitrogens is 1. The van der Waals surface area contributed by atoms with Gasteiger partial charge in [-0.2, -0.15) is 0 Å². The number of rotatable bonds is 4. The molecule has 5 nitrogen and oxygen atoms in total. The minimum absolute atomic E-state index is 0.131. The fraction of sp³-hybridized carbons (Fsp3) is 0.667. The molecule has 3 N–H and O–H groups in total. The summed E-state index contributed by atoms with van der Waals surface area (Å²) in [6, 6.07) is 0. The predicted octanol–water partition coefficient (Wildman–Crippen LogP) is 1.04. The van der Waals surface area contributed by atoms with Gasteiger partial charge in [0.05, 0.1) is 17.8 Å². The standard InChI is InChI=1S/C12H19N3O2/c1-7-8(2)17-10(15-7)6-14-11(16)12(3,13)9-4-5-9/h9H,4-6,13H2,1-3H3,(H,14,16). The smallest absolute Gasteiger partial charge is 0.240 e. The van der Waals surface area contributed by atoms with Crippen LogP contribution in [0.15, 0.2) is 4.42 Å². The zero-order valence-corrected chi connectivity index (χ0v) is 10.5. The highest BCUT2D eigenvalue weighted by Gasteiger charge is 2.43. The summed E-state index contributed by atoms with van der Waals surface area (Å²) in [6.45, 7) is 5.81. The van der Waals surface area contributed by atoms with Crippen LogP contribution in [0.1, 0.15) is 37.1 Å². The Morgan fingerprint density at radius 1 is 1.59 bits per heavy atom. The molecule has 1 unspecified atom stereocenters. The molecular formula is C12H19N3O2. The van der Waals surface area contributed by atoms with Crippen LogP contribution in [-0.4, -0.2) is 16.4 Å². The van der Waals surface area contributed by atoms with Gasteiger partial charge in [0.1, 0.15) is 5.76 Å². The van der Waals surface area contributed by atoms with Gasteiger partial charge in [-0.3, -0.25) is 4.79 Å². The van der Waals surface area contributed by atoms with Crippen LogP contribution in [0.5, 0.6) is 0 Å². The first kappa shape index (κ1) is 12.1. The molecule has 1 amide bonds. The lowest BCUT2D eigenvalue weighted by Gasteiger charge is -2.22. The Morgan fingerprint density at radius 3 is 2.71 bits per heavy atom. The van der Waals surface area contributed by atoms with Gasteiger partial charge in [-0.15, -0.1) is 0 Å². The number of nitrogens with one attached hydrogen (secondary N) is 1. The van der Waals surface area contributed by atoms with Gasteiger partial charge >= 0.3 is 0 Å². The second kappa shape index (κ2) is 4.14. The normalized spacial score (nSPS) is 18.8. The van der Waals surface area contributed by atoms with Crippen molar-refractivity contribution in [2.24, 2.45) is 11.7 Å². The molecule has 0 saturated heterocycles. The van der Waals surface area contributed by atoms with Crippen LogP contribution in [0, 0.1) is 19.8 Å². The topological polar surface area (TPSA) is 81.2 Å². The van der Waals surface area contributed by atoms with E-state index in [0.717, 1.165) is 24.3 Å². The number of aryl methyl sites for hydroxylation is 2. The Balaban J connectivity index is 1.91. The molecule has 0 aliphatic heterocycles. The first-order valence-electron chi connectivity index (χ1n) is 5.91. The van der Waals surface area contributed by atoms with Crippen LogP contribution in [0.2, 0.25) is 0 Å². The van der Waals surface area contributed by atoms with Crippen molar-refractivity contribution in [1.82, 2.24) is 10.3 Å². The lowest BCUT2D eigenvalue weighted by Crippen LogP contribution is -2.53. The van der Waals surface area contributed by atoms with Crippen LogP contribution in [0.3, 0.4) is 0 Å². The van der Waals surface area contributed by atoms with Gasteiger partial charge in [0.2, 0.25) is 11.8 Å². The van der Waals surface area contributed by atoms with E-state index < -0.39 is 5.54 Å². The molecule has 5 heteroatoms. The highest BCUT2D eigenvalue weighted by Crippen LogP contribution is 2.38. The molecule has 2 rings (SSSR count). The third kappa shape index (κ3) is 2.49. The van der Waals surface area contributed by atoms with E-state index in [0.29, 0.717) is 18.4 Å². The van der Waals surface area contributed by atoms with Crippen molar-refractivity contribution in [2.75, 3.05) is 0 Å².